The molecular weight excluding hydrogens is 210 g/mol. The van der Waals surface area contributed by atoms with Crippen LogP contribution in [0.15, 0.2) is 30.7 Å². The van der Waals surface area contributed by atoms with Crippen LogP contribution >= 0.6 is 0 Å². The van der Waals surface area contributed by atoms with Gasteiger partial charge < -0.3 is 0 Å². The highest BCUT2D eigenvalue weighted by molar-refractivity contribution is 5.91. The van der Waals surface area contributed by atoms with E-state index in [4.69, 9.17) is 0 Å². The number of aromatic nitrogens is 3. The number of nitrogens with zero attached hydrogens (tertiary/aromatic N) is 3. The lowest BCUT2D eigenvalue weighted by molar-refractivity contribution is 1.06. The van der Waals surface area contributed by atoms with Crippen molar-refractivity contribution in [2.75, 3.05) is 0 Å². The predicted octanol–water partition coefficient (Wildman–Crippen LogP) is 3.53. The van der Waals surface area contributed by atoms with Crippen molar-refractivity contribution in [1.82, 2.24) is 14.4 Å². The zero-order valence-corrected chi connectivity index (χ0v) is 10.7. The Kier molecular flexibility index (Phi) is 3.09. The molecule has 0 fully saturated rings. The zero-order chi connectivity index (χ0) is 12.4. The summed E-state index contributed by atoms with van der Waals surface area (Å²) in [7, 11) is 0. The van der Waals surface area contributed by atoms with Crippen molar-refractivity contribution in [3.8, 4) is 0 Å². The van der Waals surface area contributed by atoms with Gasteiger partial charge in [0.1, 0.15) is 12.0 Å². The lowest BCUT2D eigenvalue weighted by Crippen LogP contribution is -1.91. The number of hydrogen-bond donors (Lipinski definition) is 0. The summed E-state index contributed by atoms with van der Waals surface area (Å²) >= 11 is 0. The fourth-order valence-electron chi connectivity index (χ4n) is 1.85. The molecule has 0 aliphatic carbocycles. The van der Waals surface area contributed by atoms with E-state index in [1.807, 2.05) is 43.8 Å². The van der Waals surface area contributed by atoms with Crippen molar-refractivity contribution < 1.29 is 0 Å². The number of aryl methyl sites for hydroxylation is 2. The normalized spacial score (nSPS) is 10.4. The van der Waals surface area contributed by atoms with Crippen LogP contribution in [0.5, 0.6) is 0 Å². The summed E-state index contributed by atoms with van der Waals surface area (Å²) in [5, 5.41) is 1.12. The first-order chi connectivity index (χ1) is 8.25. The lowest BCUT2D eigenvalue weighted by Gasteiger charge is -2.01. The molecule has 3 nitrogen and oxygen atoms in total. The topological polar surface area (TPSA) is 30.2 Å². The number of hydrogen-bond acceptors (Lipinski definition) is 2. The Labute approximate surface area is 101 Å². The number of fused-ring (bicyclic) bond motifs is 3. The smallest absolute Gasteiger partial charge is 0.147 e. The molecule has 0 aliphatic rings. The van der Waals surface area contributed by atoms with Crippen LogP contribution < -0.4 is 0 Å². The molecule has 0 atom stereocenters. The van der Waals surface area contributed by atoms with Crippen molar-refractivity contribution in [2.45, 2.75) is 27.7 Å². The Balaban J connectivity index is 0.000000514. The second-order valence-electron chi connectivity index (χ2n) is 3.86. The highest BCUT2D eigenvalue weighted by Gasteiger charge is 2.04. The lowest BCUT2D eigenvalue weighted by atomic mass is 10.2. The summed E-state index contributed by atoms with van der Waals surface area (Å²) in [5.74, 6) is 0. The van der Waals surface area contributed by atoms with Gasteiger partial charge in [-0.2, -0.15) is 0 Å². The maximum absolute atomic E-state index is 4.41. The second-order valence-corrected chi connectivity index (χ2v) is 3.86. The van der Waals surface area contributed by atoms with Crippen LogP contribution in [0.2, 0.25) is 0 Å². The maximum Gasteiger partial charge on any atom is 0.147 e. The molecule has 0 bridgehead atoms. The first-order valence-corrected chi connectivity index (χ1v) is 5.95. The summed E-state index contributed by atoms with van der Waals surface area (Å²) in [6.45, 7) is 8.11. The van der Waals surface area contributed by atoms with Crippen molar-refractivity contribution in [3.05, 3.63) is 42.0 Å². The van der Waals surface area contributed by atoms with Gasteiger partial charge in [-0.3, -0.25) is 4.40 Å². The minimum absolute atomic E-state index is 0.987. The Morgan fingerprint density at radius 2 is 1.82 bits per heavy atom. The predicted molar refractivity (Wildman–Crippen MR) is 71.3 cm³/mol. The molecule has 0 unspecified atom stereocenters. The molecule has 1 aromatic carbocycles. The van der Waals surface area contributed by atoms with Gasteiger partial charge in [-0.15, -0.1) is 0 Å². The molecule has 3 heteroatoms. The van der Waals surface area contributed by atoms with E-state index in [-0.39, 0.29) is 0 Å². The second kappa shape index (κ2) is 4.53. The van der Waals surface area contributed by atoms with E-state index in [0.717, 1.165) is 22.2 Å². The van der Waals surface area contributed by atoms with E-state index >= 15 is 0 Å². The van der Waals surface area contributed by atoms with Crippen LogP contribution in [0.1, 0.15) is 25.1 Å². The molecule has 0 radical (unpaired) electrons. The van der Waals surface area contributed by atoms with Gasteiger partial charge in [0, 0.05) is 17.3 Å². The molecule has 17 heavy (non-hydrogen) atoms. The molecule has 3 rings (SSSR count). The van der Waals surface area contributed by atoms with Crippen LogP contribution in [0.3, 0.4) is 0 Å². The molecular formula is C14H17N3. The molecule has 2 aromatic heterocycles. The van der Waals surface area contributed by atoms with Gasteiger partial charge in [-0.25, -0.2) is 9.97 Å². The van der Waals surface area contributed by atoms with E-state index in [9.17, 15) is 0 Å². The minimum Gasteiger partial charge on any atom is -0.287 e. The van der Waals surface area contributed by atoms with E-state index < -0.39 is 0 Å². The van der Waals surface area contributed by atoms with Crippen molar-refractivity contribution >= 4 is 16.6 Å². The fourth-order valence-corrected chi connectivity index (χ4v) is 1.85. The number of benzene rings is 1. The van der Waals surface area contributed by atoms with E-state index in [0.29, 0.717) is 0 Å². The molecule has 0 saturated heterocycles. The zero-order valence-electron chi connectivity index (χ0n) is 10.7. The third-order valence-corrected chi connectivity index (χ3v) is 2.69. The number of imidazole rings is 1. The van der Waals surface area contributed by atoms with Crippen LogP contribution in [-0.4, -0.2) is 14.4 Å². The van der Waals surface area contributed by atoms with Crippen molar-refractivity contribution in [1.29, 1.82) is 0 Å². The SMILES string of the molecule is CC.Cc1ccc2ncn3c(C)cnc3c2c1. The highest BCUT2D eigenvalue weighted by atomic mass is 15.0. The summed E-state index contributed by atoms with van der Waals surface area (Å²) in [6, 6.07) is 6.24. The van der Waals surface area contributed by atoms with Crippen molar-refractivity contribution in [2.24, 2.45) is 0 Å². The Morgan fingerprint density at radius 3 is 2.59 bits per heavy atom. The van der Waals surface area contributed by atoms with Crippen molar-refractivity contribution in [3.63, 3.8) is 0 Å². The van der Waals surface area contributed by atoms with E-state index in [1.54, 1.807) is 0 Å². The summed E-state index contributed by atoms with van der Waals surface area (Å²) in [4.78, 5) is 8.82. The molecule has 88 valence electrons. The molecule has 2 heterocycles. The average Bonchev–Trinajstić information content (AvgIpc) is 2.74. The van der Waals surface area contributed by atoms with Crippen LogP contribution in [0, 0.1) is 13.8 Å². The van der Waals surface area contributed by atoms with Gasteiger partial charge in [0.15, 0.2) is 0 Å². The highest BCUT2D eigenvalue weighted by Crippen LogP contribution is 2.19. The average molecular weight is 227 g/mol. The Morgan fingerprint density at radius 1 is 1.06 bits per heavy atom. The van der Waals surface area contributed by atoms with E-state index in [2.05, 4.69) is 29.0 Å². The molecule has 0 N–H and O–H groups in total. The first-order valence-electron chi connectivity index (χ1n) is 5.95. The summed E-state index contributed by atoms with van der Waals surface area (Å²) in [6.07, 6.45) is 3.70. The third kappa shape index (κ3) is 1.88. The van der Waals surface area contributed by atoms with Crippen LogP contribution in [0.25, 0.3) is 16.6 Å². The standard InChI is InChI=1S/C12H11N3.C2H6/c1-8-3-4-11-10(5-8)12-13-6-9(2)15(12)7-14-11;1-2/h3-7H,1-2H3;1-2H3. The molecule has 0 saturated carbocycles. The van der Waals surface area contributed by atoms with Crippen LogP contribution in [-0.2, 0) is 0 Å². The molecule has 0 amide bonds. The Bertz CT molecular complexity index is 653. The number of rotatable bonds is 0. The maximum atomic E-state index is 4.41. The quantitative estimate of drug-likeness (QED) is 0.588. The first kappa shape index (κ1) is 11.6. The summed E-state index contributed by atoms with van der Waals surface area (Å²) in [5.41, 5.74) is 4.33. The largest absolute Gasteiger partial charge is 0.287 e. The third-order valence-electron chi connectivity index (χ3n) is 2.69. The monoisotopic (exact) mass is 227 g/mol. The van der Waals surface area contributed by atoms with Crippen LogP contribution in [0.4, 0.5) is 0 Å². The van der Waals surface area contributed by atoms with Gasteiger partial charge in [0.2, 0.25) is 0 Å². The van der Waals surface area contributed by atoms with E-state index in [1.165, 1.54) is 5.56 Å². The summed E-state index contributed by atoms with van der Waals surface area (Å²) < 4.78 is 2.02. The van der Waals surface area contributed by atoms with Gasteiger partial charge >= 0.3 is 0 Å². The van der Waals surface area contributed by atoms with Gasteiger partial charge in [0.25, 0.3) is 0 Å². The van der Waals surface area contributed by atoms with Gasteiger partial charge in [-0.05, 0) is 26.0 Å². The van der Waals surface area contributed by atoms with Gasteiger partial charge in [0.05, 0.1) is 5.52 Å². The molecule has 0 spiro atoms. The molecule has 0 aliphatic heterocycles. The Hall–Kier alpha value is -1.90. The van der Waals surface area contributed by atoms with Gasteiger partial charge in [-0.1, -0.05) is 25.5 Å². The minimum atomic E-state index is 0.987. The fraction of sp³-hybridized carbons (Fsp3) is 0.286. The molecule has 3 aromatic rings.